The Morgan fingerprint density at radius 2 is 1.68 bits per heavy atom. The topological polar surface area (TPSA) is 99.0 Å². The van der Waals surface area contributed by atoms with Crippen LogP contribution in [0.3, 0.4) is 0 Å². The van der Waals surface area contributed by atoms with E-state index >= 15 is 0 Å². The van der Waals surface area contributed by atoms with Crippen LogP contribution in [0.1, 0.15) is 10.4 Å². The van der Waals surface area contributed by atoms with Crippen LogP contribution in [0.2, 0.25) is 0 Å². The van der Waals surface area contributed by atoms with Gasteiger partial charge in [0.15, 0.2) is 0 Å². The highest BCUT2D eigenvalue weighted by Crippen LogP contribution is 2.40. The third-order valence-electron chi connectivity index (χ3n) is 3.94. The summed E-state index contributed by atoms with van der Waals surface area (Å²) in [6.07, 6.45) is 0. The molecule has 7 heteroatoms. The van der Waals surface area contributed by atoms with Gasteiger partial charge in [-0.3, -0.25) is 10.2 Å². The lowest BCUT2D eigenvalue weighted by Gasteiger charge is -2.05. The van der Waals surface area contributed by atoms with Crippen molar-refractivity contribution in [2.24, 2.45) is 5.84 Å². The smallest absolute Gasteiger partial charge is 0.270 e. The van der Waals surface area contributed by atoms with Crippen molar-refractivity contribution in [3.63, 3.8) is 0 Å². The van der Waals surface area contributed by atoms with Crippen LogP contribution in [0.25, 0.3) is 27.2 Å². The maximum absolute atomic E-state index is 12.3. The quantitative estimate of drug-likeness (QED) is 0.301. The molecule has 0 aliphatic rings. The second-order valence-electron chi connectivity index (χ2n) is 5.45. The van der Waals surface area contributed by atoms with E-state index in [1.165, 1.54) is 11.3 Å². The lowest BCUT2D eigenvalue weighted by atomic mass is 10.1. The van der Waals surface area contributed by atoms with Crippen molar-refractivity contribution in [1.82, 2.24) is 15.2 Å². The summed E-state index contributed by atoms with van der Waals surface area (Å²) in [4.78, 5) is 12.3. The van der Waals surface area contributed by atoms with E-state index in [2.05, 4.69) is 5.43 Å². The highest BCUT2D eigenvalue weighted by Gasteiger charge is 2.25. The van der Waals surface area contributed by atoms with Crippen molar-refractivity contribution >= 4 is 32.5 Å². The number of amides is 1. The van der Waals surface area contributed by atoms with Crippen LogP contribution in [0.4, 0.5) is 5.00 Å². The molecule has 2 aromatic heterocycles. The number of carbonyl (C=O) groups is 1. The molecule has 1 amide bonds. The second-order valence-corrected chi connectivity index (χ2v) is 6.51. The Kier molecular flexibility index (Phi) is 3.72. The Bertz CT molecular complexity index is 1050. The molecule has 6 nitrogen and oxygen atoms in total. The summed E-state index contributed by atoms with van der Waals surface area (Å²) in [5.41, 5.74) is 11.9. The molecule has 0 radical (unpaired) electrons. The number of fused-ring (bicyclic) bond motifs is 1. The number of carbonyl (C=O) groups excluding carboxylic acids is 1. The lowest BCUT2D eigenvalue weighted by molar-refractivity contribution is 0.0956. The summed E-state index contributed by atoms with van der Waals surface area (Å²) < 4.78 is 2.60. The molecule has 0 aliphatic carbocycles. The molecule has 4 aromatic rings. The SMILES string of the molecule is NNC(=O)c1c(N)sc2c(-c3ccccc3)nn(-c3ccccc3)c12. The van der Waals surface area contributed by atoms with E-state index in [1.54, 1.807) is 4.68 Å². The Labute approximate surface area is 147 Å². The highest BCUT2D eigenvalue weighted by molar-refractivity contribution is 7.23. The van der Waals surface area contributed by atoms with E-state index in [9.17, 15) is 4.79 Å². The van der Waals surface area contributed by atoms with Gasteiger partial charge in [-0.1, -0.05) is 48.5 Å². The third kappa shape index (κ3) is 2.46. The Morgan fingerprint density at radius 3 is 2.32 bits per heavy atom. The minimum atomic E-state index is -0.430. The first-order chi connectivity index (χ1) is 12.2. The van der Waals surface area contributed by atoms with E-state index in [0.29, 0.717) is 16.1 Å². The zero-order valence-corrected chi connectivity index (χ0v) is 14.0. The molecule has 0 atom stereocenters. The summed E-state index contributed by atoms with van der Waals surface area (Å²) in [7, 11) is 0. The lowest BCUT2D eigenvalue weighted by Crippen LogP contribution is -2.30. The molecule has 0 fully saturated rings. The van der Waals surface area contributed by atoms with Gasteiger partial charge in [0.1, 0.15) is 21.8 Å². The van der Waals surface area contributed by atoms with Crippen LogP contribution in [0.5, 0.6) is 0 Å². The van der Waals surface area contributed by atoms with Gasteiger partial charge in [0.05, 0.1) is 10.4 Å². The third-order valence-corrected chi connectivity index (χ3v) is 4.96. The van der Waals surface area contributed by atoms with Crippen LogP contribution in [-0.2, 0) is 0 Å². The summed E-state index contributed by atoms with van der Waals surface area (Å²) in [6.45, 7) is 0. The Hall–Kier alpha value is -3.16. The van der Waals surface area contributed by atoms with Gasteiger partial charge in [0, 0.05) is 5.56 Å². The number of anilines is 1. The molecule has 2 aromatic carbocycles. The summed E-state index contributed by atoms with van der Waals surface area (Å²) in [5.74, 6) is 4.92. The number of para-hydroxylation sites is 1. The first-order valence-corrected chi connectivity index (χ1v) is 8.45. The normalized spacial score (nSPS) is 10.9. The average Bonchev–Trinajstić information content (AvgIpc) is 3.18. The maximum Gasteiger partial charge on any atom is 0.270 e. The molecule has 0 saturated carbocycles. The maximum atomic E-state index is 12.3. The van der Waals surface area contributed by atoms with Gasteiger partial charge in [0.2, 0.25) is 0 Å². The fourth-order valence-corrected chi connectivity index (χ4v) is 3.88. The molecular formula is C18H15N5OS. The van der Waals surface area contributed by atoms with E-state index in [4.69, 9.17) is 16.7 Å². The van der Waals surface area contributed by atoms with E-state index in [0.717, 1.165) is 21.6 Å². The van der Waals surface area contributed by atoms with Gasteiger partial charge < -0.3 is 5.73 Å². The number of benzene rings is 2. The molecule has 0 spiro atoms. The van der Waals surface area contributed by atoms with Gasteiger partial charge in [-0.05, 0) is 12.1 Å². The predicted molar refractivity (Wildman–Crippen MR) is 100 cm³/mol. The van der Waals surface area contributed by atoms with E-state index < -0.39 is 5.91 Å². The van der Waals surface area contributed by atoms with Crippen LogP contribution < -0.4 is 17.0 Å². The highest BCUT2D eigenvalue weighted by atomic mass is 32.1. The Morgan fingerprint density at radius 1 is 1.04 bits per heavy atom. The van der Waals surface area contributed by atoms with Crippen molar-refractivity contribution in [3.05, 3.63) is 66.2 Å². The standard InChI is InChI=1S/C18H15N5OS/c19-17-13(18(24)21-20)15-16(25-17)14(11-7-3-1-4-8-11)22-23(15)12-9-5-2-6-10-12/h1-10H,19-20H2,(H,21,24). The molecular weight excluding hydrogens is 334 g/mol. The minimum Gasteiger partial charge on any atom is -0.390 e. The van der Waals surface area contributed by atoms with E-state index in [1.807, 2.05) is 60.7 Å². The van der Waals surface area contributed by atoms with Crippen molar-refractivity contribution in [1.29, 1.82) is 0 Å². The molecule has 25 heavy (non-hydrogen) atoms. The van der Waals surface area contributed by atoms with Gasteiger partial charge in [-0.15, -0.1) is 11.3 Å². The van der Waals surface area contributed by atoms with Gasteiger partial charge in [-0.2, -0.15) is 5.10 Å². The number of aromatic nitrogens is 2. The average molecular weight is 349 g/mol. The molecule has 0 saturated heterocycles. The monoisotopic (exact) mass is 349 g/mol. The van der Waals surface area contributed by atoms with Gasteiger partial charge >= 0.3 is 0 Å². The number of rotatable bonds is 3. The van der Waals surface area contributed by atoms with Crippen molar-refractivity contribution in [3.8, 4) is 16.9 Å². The number of hydrogen-bond donors (Lipinski definition) is 3. The molecule has 0 unspecified atom stereocenters. The number of thiophene rings is 1. The summed E-state index contributed by atoms with van der Waals surface area (Å²) in [6, 6.07) is 19.4. The minimum absolute atomic E-state index is 0.348. The molecule has 4 rings (SSSR count). The molecule has 5 N–H and O–H groups in total. The summed E-state index contributed by atoms with van der Waals surface area (Å²) in [5, 5.41) is 5.17. The van der Waals surface area contributed by atoms with Gasteiger partial charge in [0.25, 0.3) is 5.91 Å². The number of nitrogens with two attached hydrogens (primary N) is 2. The second kappa shape index (κ2) is 6.04. The fourth-order valence-electron chi connectivity index (χ4n) is 2.83. The molecule has 2 heterocycles. The van der Waals surface area contributed by atoms with Crippen molar-refractivity contribution in [2.45, 2.75) is 0 Å². The van der Waals surface area contributed by atoms with E-state index in [-0.39, 0.29) is 0 Å². The van der Waals surface area contributed by atoms with Crippen molar-refractivity contribution in [2.75, 3.05) is 5.73 Å². The molecule has 124 valence electrons. The number of hydrazine groups is 1. The largest absolute Gasteiger partial charge is 0.390 e. The number of hydrogen-bond acceptors (Lipinski definition) is 5. The molecule has 0 aliphatic heterocycles. The summed E-state index contributed by atoms with van der Waals surface area (Å²) >= 11 is 1.34. The number of nitrogens with zero attached hydrogens (tertiary/aromatic N) is 2. The number of nitrogen functional groups attached to an aromatic ring is 2. The number of nitrogens with one attached hydrogen (secondary N) is 1. The first kappa shape index (κ1) is 15.4. The fraction of sp³-hybridized carbons (Fsp3) is 0. The van der Waals surface area contributed by atoms with Crippen LogP contribution in [0, 0.1) is 0 Å². The predicted octanol–water partition coefficient (Wildman–Crippen LogP) is 2.94. The molecule has 0 bridgehead atoms. The van der Waals surface area contributed by atoms with Gasteiger partial charge in [-0.25, -0.2) is 10.5 Å². The zero-order chi connectivity index (χ0) is 17.4. The van der Waals surface area contributed by atoms with Crippen molar-refractivity contribution < 1.29 is 4.79 Å². The first-order valence-electron chi connectivity index (χ1n) is 7.63. The van der Waals surface area contributed by atoms with Crippen LogP contribution in [0.15, 0.2) is 60.7 Å². The van der Waals surface area contributed by atoms with Crippen LogP contribution in [-0.4, -0.2) is 15.7 Å². The zero-order valence-electron chi connectivity index (χ0n) is 13.1. The van der Waals surface area contributed by atoms with Crippen LogP contribution >= 0.6 is 11.3 Å². The Balaban J connectivity index is 2.08.